The van der Waals surface area contributed by atoms with Gasteiger partial charge in [-0.25, -0.2) is 0 Å². The Morgan fingerprint density at radius 1 is 1.26 bits per heavy atom. The molecule has 110 valence electrons. The third-order valence-corrected chi connectivity index (χ3v) is 4.53. The normalized spacial score (nSPS) is 27.4. The molecule has 2 unspecified atom stereocenters. The van der Waals surface area contributed by atoms with Gasteiger partial charge in [-0.15, -0.1) is 0 Å². The van der Waals surface area contributed by atoms with E-state index in [0.717, 1.165) is 25.9 Å². The maximum Gasteiger partial charge on any atom is 0.237 e. The van der Waals surface area contributed by atoms with Crippen molar-refractivity contribution in [2.24, 2.45) is 5.92 Å². The van der Waals surface area contributed by atoms with Crippen molar-refractivity contribution >= 4 is 5.91 Å². The van der Waals surface area contributed by atoms with Gasteiger partial charge in [0.1, 0.15) is 0 Å². The molecule has 2 atom stereocenters. The van der Waals surface area contributed by atoms with E-state index in [1.165, 1.54) is 32.2 Å². The summed E-state index contributed by atoms with van der Waals surface area (Å²) in [5.41, 5.74) is 0. The molecule has 0 aromatic carbocycles. The Morgan fingerprint density at radius 3 is 2.68 bits per heavy atom. The Hall–Kier alpha value is -0.610. The van der Waals surface area contributed by atoms with Crippen LogP contribution in [0.15, 0.2) is 0 Å². The highest BCUT2D eigenvalue weighted by atomic mass is 16.2. The number of carbonyl (C=O) groups excluding carboxylic acids is 1. The second kappa shape index (κ2) is 7.25. The maximum absolute atomic E-state index is 12.1. The van der Waals surface area contributed by atoms with Crippen LogP contribution in [0.4, 0.5) is 0 Å². The topological polar surface area (TPSA) is 44.4 Å². The van der Waals surface area contributed by atoms with Crippen molar-refractivity contribution in [1.29, 1.82) is 0 Å². The van der Waals surface area contributed by atoms with Crippen LogP contribution in [0.3, 0.4) is 0 Å². The molecule has 1 saturated heterocycles. The Bertz CT molecular complexity index is 289. The zero-order valence-electron chi connectivity index (χ0n) is 12.5. The Kier molecular flexibility index (Phi) is 5.64. The van der Waals surface area contributed by atoms with Crippen LogP contribution in [0.5, 0.6) is 0 Å². The van der Waals surface area contributed by atoms with Crippen LogP contribution in [0.25, 0.3) is 0 Å². The van der Waals surface area contributed by atoms with Crippen molar-refractivity contribution in [2.45, 2.75) is 57.5 Å². The van der Waals surface area contributed by atoms with Gasteiger partial charge in [0.2, 0.25) is 5.91 Å². The van der Waals surface area contributed by atoms with Crippen molar-refractivity contribution in [3.8, 4) is 0 Å². The summed E-state index contributed by atoms with van der Waals surface area (Å²) in [6.07, 6.45) is 7.42. The number of likely N-dealkylation sites (tertiary alicyclic amines) is 1. The quantitative estimate of drug-likeness (QED) is 0.790. The molecule has 1 saturated carbocycles. The lowest BCUT2D eigenvalue weighted by Crippen LogP contribution is -2.48. The third-order valence-electron chi connectivity index (χ3n) is 4.53. The van der Waals surface area contributed by atoms with Gasteiger partial charge in [-0.3, -0.25) is 4.79 Å². The molecule has 4 heteroatoms. The minimum absolute atomic E-state index is 0.0622. The van der Waals surface area contributed by atoms with Crippen LogP contribution >= 0.6 is 0 Å². The average molecular weight is 267 g/mol. The predicted octanol–water partition coefficient (Wildman–Crippen LogP) is 1.37. The number of nitrogens with zero attached hydrogens (tertiary/aromatic N) is 1. The molecule has 1 heterocycles. The molecule has 2 fully saturated rings. The molecule has 4 nitrogen and oxygen atoms in total. The smallest absolute Gasteiger partial charge is 0.237 e. The summed E-state index contributed by atoms with van der Waals surface area (Å²) in [5.74, 6) is 0.872. The first kappa shape index (κ1) is 14.8. The summed E-state index contributed by atoms with van der Waals surface area (Å²) in [5, 5.41) is 6.57. The van der Waals surface area contributed by atoms with Crippen molar-refractivity contribution in [2.75, 3.05) is 26.7 Å². The average Bonchev–Trinajstić information content (AvgIpc) is 2.89. The molecule has 2 N–H and O–H groups in total. The fourth-order valence-corrected chi connectivity index (χ4v) is 3.27. The second-order valence-electron chi connectivity index (χ2n) is 6.39. The van der Waals surface area contributed by atoms with Gasteiger partial charge in [-0.05, 0) is 58.7 Å². The van der Waals surface area contributed by atoms with E-state index in [-0.39, 0.29) is 11.9 Å². The molecule has 0 bridgehead atoms. The summed E-state index contributed by atoms with van der Waals surface area (Å²) in [7, 11) is 2.18. The van der Waals surface area contributed by atoms with Gasteiger partial charge in [0.05, 0.1) is 6.04 Å². The molecule has 2 aliphatic rings. The first-order valence-electron chi connectivity index (χ1n) is 7.87. The lowest BCUT2D eigenvalue weighted by Gasteiger charge is -2.30. The molecule has 0 spiro atoms. The number of amides is 1. The monoisotopic (exact) mass is 267 g/mol. The van der Waals surface area contributed by atoms with Gasteiger partial charge in [0, 0.05) is 12.6 Å². The van der Waals surface area contributed by atoms with Crippen molar-refractivity contribution in [1.82, 2.24) is 15.5 Å². The summed E-state index contributed by atoms with van der Waals surface area (Å²) < 4.78 is 0. The van der Waals surface area contributed by atoms with Crippen LogP contribution in [-0.2, 0) is 4.79 Å². The van der Waals surface area contributed by atoms with Crippen LogP contribution in [0, 0.1) is 5.92 Å². The Morgan fingerprint density at radius 2 is 2.00 bits per heavy atom. The minimum Gasteiger partial charge on any atom is -0.352 e. The van der Waals surface area contributed by atoms with E-state index in [9.17, 15) is 4.79 Å². The number of piperidine rings is 1. The molecule has 1 aliphatic carbocycles. The highest BCUT2D eigenvalue weighted by Gasteiger charge is 2.22. The van der Waals surface area contributed by atoms with E-state index in [0.29, 0.717) is 12.0 Å². The zero-order chi connectivity index (χ0) is 13.7. The fraction of sp³-hybridized carbons (Fsp3) is 0.933. The summed E-state index contributed by atoms with van der Waals surface area (Å²) in [4.78, 5) is 14.4. The van der Waals surface area contributed by atoms with Crippen molar-refractivity contribution in [3.63, 3.8) is 0 Å². The van der Waals surface area contributed by atoms with E-state index in [1.807, 2.05) is 6.92 Å². The SMILES string of the molecule is CC(NCC1CCCN(C)C1)C(=O)NC1CCCC1. The van der Waals surface area contributed by atoms with Crippen molar-refractivity contribution in [3.05, 3.63) is 0 Å². The Labute approximate surface area is 117 Å². The first-order chi connectivity index (χ1) is 9.15. The lowest BCUT2D eigenvalue weighted by atomic mass is 9.98. The van der Waals surface area contributed by atoms with Crippen LogP contribution in [0.1, 0.15) is 45.4 Å². The molecule has 1 aliphatic heterocycles. The van der Waals surface area contributed by atoms with Crippen LogP contribution in [0.2, 0.25) is 0 Å². The van der Waals surface area contributed by atoms with Gasteiger partial charge in [0.25, 0.3) is 0 Å². The molecule has 0 aromatic rings. The standard InChI is InChI=1S/C15H29N3O/c1-12(15(19)17-14-7-3-4-8-14)16-10-13-6-5-9-18(2)11-13/h12-14,16H,3-11H2,1-2H3,(H,17,19). The molecule has 0 aromatic heterocycles. The van der Waals surface area contributed by atoms with E-state index >= 15 is 0 Å². The third kappa shape index (κ3) is 4.77. The van der Waals surface area contributed by atoms with E-state index in [2.05, 4.69) is 22.6 Å². The van der Waals surface area contributed by atoms with Crippen LogP contribution in [-0.4, -0.2) is 49.6 Å². The van der Waals surface area contributed by atoms with E-state index in [4.69, 9.17) is 0 Å². The van der Waals surface area contributed by atoms with Gasteiger partial charge in [-0.1, -0.05) is 12.8 Å². The highest BCUT2D eigenvalue weighted by Crippen LogP contribution is 2.17. The largest absolute Gasteiger partial charge is 0.352 e. The molecular weight excluding hydrogens is 238 g/mol. The highest BCUT2D eigenvalue weighted by molar-refractivity contribution is 5.81. The number of carbonyl (C=O) groups is 1. The molecule has 1 amide bonds. The molecule has 2 rings (SSSR count). The number of hydrogen-bond donors (Lipinski definition) is 2. The van der Waals surface area contributed by atoms with Crippen LogP contribution < -0.4 is 10.6 Å². The maximum atomic E-state index is 12.1. The number of rotatable bonds is 5. The van der Waals surface area contributed by atoms with Gasteiger partial charge in [0.15, 0.2) is 0 Å². The number of nitrogens with one attached hydrogen (secondary N) is 2. The second-order valence-corrected chi connectivity index (χ2v) is 6.39. The van der Waals surface area contributed by atoms with Gasteiger partial charge < -0.3 is 15.5 Å². The summed E-state index contributed by atoms with van der Waals surface area (Å²) in [6, 6.07) is 0.366. The molecule has 19 heavy (non-hydrogen) atoms. The van der Waals surface area contributed by atoms with Gasteiger partial charge in [-0.2, -0.15) is 0 Å². The van der Waals surface area contributed by atoms with Crippen molar-refractivity contribution < 1.29 is 4.79 Å². The Balaban J connectivity index is 1.65. The fourth-order valence-electron chi connectivity index (χ4n) is 3.27. The summed E-state index contributed by atoms with van der Waals surface area (Å²) >= 11 is 0. The lowest BCUT2D eigenvalue weighted by molar-refractivity contribution is -0.123. The molecular formula is C15H29N3O. The zero-order valence-corrected chi connectivity index (χ0v) is 12.5. The predicted molar refractivity (Wildman–Crippen MR) is 78.1 cm³/mol. The first-order valence-corrected chi connectivity index (χ1v) is 7.87. The van der Waals surface area contributed by atoms with E-state index in [1.54, 1.807) is 0 Å². The summed E-state index contributed by atoms with van der Waals surface area (Å²) in [6.45, 7) is 5.32. The molecule has 0 radical (unpaired) electrons. The van der Waals surface area contributed by atoms with E-state index < -0.39 is 0 Å². The number of hydrogen-bond acceptors (Lipinski definition) is 3. The minimum atomic E-state index is -0.0622. The van der Waals surface area contributed by atoms with Gasteiger partial charge >= 0.3 is 0 Å².